The quantitative estimate of drug-likeness (QED) is 0.367. The number of amides is 1. The van der Waals surface area contributed by atoms with E-state index in [9.17, 15) is 4.79 Å². The van der Waals surface area contributed by atoms with Crippen molar-refractivity contribution in [3.63, 3.8) is 0 Å². The van der Waals surface area contributed by atoms with Crippen LogP contribution in [0.3, 0.4) is 0 Å². The second-order valence-electron chi connectivity index (χ2n) is 6.35. The summed E-state index contributed by atoms with van der Waals surface area (Å²) in [4.78, 5) is 18.3. The third kappa shape index (κ3) is 4.78. The molecule has 0 radical (unpaired) electrons. The van der Waals surface area contributed by atoms with E-state index in [1.54, 1.807) is 30.2 Å². The van der Waals surface area contributed by atoms with E-state index in [-0.39, 0.29) is 5.91 Å². The van der Waals surface area contributed by atoms with Crippen LogP contribution in [0.15, 0.2) is 77.7 Å². The predicted octanol–water partition coefficient (Wildman–Crippen LogP) is 6.09. The van der Waals surface area contributed by atoms with Gasteiger partial charge in [-0.25, -0.2) is 4.98 Å². The van der Waals surface area contributed by atoms with Gasteiger partial charge in [0.2, 0.25) is 5.91 Å². The second kappa shape index (κ2) is 9.11. The van der Waals surface area contributed by atoms with Crippen LogP contribution >= 0.6 is 23.1 Å². The average molecular weight is 421 g/mol. The zero-order valence-corrected chi connectivity index (χ0v) is 17.6. The average Bonchev–Trinajstić information content (AvgIpc) is 3.19. The Kier molecular flexibility index (Phi) is 6.12. The van der Waals surface area contributed by atoms with Crippen molar-refractivity contribution in [3.8, 4) is 16.3 Å². The highest BCUT2D eigenvalue weighted by Crippen LogP contribution is 2.34. The highest BCUT2D eigenvalue weighted by molar-refractivity contribution is 7.99. The maximum atomic E-state index is 12.5. The Morgan fingerprint density at radius 1 is 1.03 bits per heavy atom. The molecule has 0 atom stereocenters. The predicted molar refractivity (Wildman–Crippen MR) is 122 cm³/mol. The maximum Gasteiger partial charge on any atom is 0.225 e. The molecular formula is C23H20N2O2S2. The normalized spacial score (nSPS) is 10.8. The summed E-state index contributed by atoms with van der Waals surface area (Å²) in [6.07, 6.45) is 0.435. The number of benzene rings is 3. The number of anilines is 1. The number of fused-ring (bicyclic) bond motifs is 1. The third-order valence-corrected chi connectivity index (χ3v) is 6.47. The molecule has 0 unspecified atom stereocenters. The van der Waals surface area contributed by atoms with E-state index in [2.05, 4.69) is 11.4 Å². The first-order chi connectivity index (χ1) is 14.2. The molecule has 1 heterocycles. The molecule has 4 rings (SSSR count). The van der Waals surface area contributed by atoms with Crippen molar-refractivity contribution >= 4 is 44.9 Å². The van der Waals surface area contributed by atoms with Crippen molar-refractivity contribution in [2.45, 2.75) is 11.3 Å². The number of methoxy groups -OCH3 is 1. The van der Waals surface area contributed by atoms with E-state index in [4.69, 9.17) is 9.72 Å². The van der Waals surface area contributed by atoms with Gasteiger partial charge < -0.3 is 10.1 Å². The Morgan fingerprint density at radius 2 is 1.79 bits per heavy atom. The molecule has 0 aliphatic heterocycles. The summed E-state index contributed by atoms with van der Waals surface area (Å²) in [5.41, 5.74) is 2.72. The standard InChI is InChI=1S/C23H20N2O2S2/c1-27-16-10-12-17(13-11-16)28-15-14-22(26)24-19-7-3-2-6-18(19)23-25-20-8-4-5-9-21(20)29-23/h2-13H,14-15H2,1H3,(H,24,26). The van der Waals surface area contributed by atoms with Crippen LogP contribution in [-0.2, 0) is 4.79 Å². The summed E-state index contributed by atoms with van der Waals surface area (Å²) < 4.78 is 6.31. The topological polar surface area (TPSA) is 51.2 Å². The van der Waals surface area contributed by atoms with Crippen molar-refractivity contribution in [1.82, 2.24) is 4.98 Å². The summed E-state index contributed by atoms with van der Waals surface area (Å²) in [7, 11) is 1.65. The van der Waals surface area contributed by atoms with Crippen molar-refractivity contribution in [2.24, 2.45) is 0 Å². The molecule has 4 nitrogen and oxygen atoms in total. The number of carbonyl (C=O) groups excluding carboxylic acids is 1. The van der Waals surface area contributed by atoms with Gasteiger partial charge in [-0.1, -0.05) is 24.3 Å². The van der Waals surface area contributed by atoms with Gasteiger partial charge in [-0.05, 0) is 48.5 Å². The lowest BCUT2D eigenvalue weighted by Gasteiger charge is -2.09. The Hall–Kier alpha value is -2.83. The highest BCUT2D eigenvalue weighted by Gasteiger charge is 2.12. The molecule has 6 heteroatoms. The first-order valence-electron chi connectivity index (χ1n) is 9.24. The first-order valence-corrected chi connectivity index (χ1v) is 11.0. The lowest BCUT2D eigenvalue weighted by atomic mass is 10.2. The fourth-order valence-corrected chi connectivity index (χ4v) is 4.77. The zero-order valence-electron chi connectivity index (χ0n) is 15.9. The third-order valence-electron chi connectivity index (χ3n) is 4.38. The number of nitrogens with zero attached hydrogens (tertiary/aromatic N) is 1. The van der Waals surface area contributed by atoms with E-state index in [1.807, 2.05) is 66.7 Å². The fraction of sp³-hybridized carbons (Fsp3) is 0.130. The van der Waals surface area contributed by atoms with Gasteiger partial charge >= 0.3 is 0 Å². The molecule has 0 fully saturated rings. The van der Waals surface area contributed by atoms with Crippen molar-refractivity contribution in [2.75, 3.05) is 18.2 Å². The van der Waals surface area contributed by atoms with Gasteiger partial charge in [0.05, 0.1) is 23.0 Å². The van der Waals surface area contributed by atoms with Crippen molar-refractivity contribution in [1.29, 1.82) is 0 Å². The van der Waals surface area contributed by atoms with Crippen LogP contribution in [0.2, 0.25) is 0 Å². The lowest BCUT2D eigenvalue weighted by molar-refractivity contribution is -0.115. The highest BCUT2D eigenvalue weighted by atomic mass is 32.2. The molecule has 1 aromatic heterocycles. The van der Waals surface area contributed by atoms with Crippen LogP contribution < -0.4 is 10.1 Å². The molecule has 29 heavy (non-hydrogen) atoms. The number of rotatable bonds is 7. The molecule has 0 saturated heterocycles. The number of thiazole rings is 1. The van der Waals surface area contributed by atoms with Crippen LogP contribution in [-0.4, -0.2) is 23.8 Å². The van der Waals surface area contributed by atoms with E-state index < -0.39 is 0 Å². The molecule has 0 aliphatic carbocycles. The number of hydrogen-bond donors (Lipinski definition) is 1. The SMILES string of the molecule is COc1ccc(SCCC(=O)Nc2ccccc2-c2nc3ccccc3s2)cc1. The second-order valence-corrected chi connectivity index (χ2v) is 8.55. The summed E-state index contributed by atoms with van der Waals surface area (Å²) in [6.45, 7) is 0. The van der Waals surface area contributed by atoms with Gasteiger partial charge in [0.25, 0.3) is 0 Å². The molecule has 0 bridgehead atoms. The molecular weight excluding hydrogens is 400 g/mol. The molecule has 0 spiro atoms. The minimum atomic E-state index is -0.000396. The van der Waals surface area contributed by atoms with E-state index in [0.29, 0.717) is 12.2 Å². The number of para-hydroxylation sites is 2. The Balaban J connectivity index is 1.40. The van der Waals surface area contributed by atoms with Gasteiger partial charge in [-0.15, -0.1) is 23.1 Å². The van der Waals surface area contributed by atoms with Gasteiger partial charge in [0, 0.05) is 22.6 Å². The fourth-order valence-electron chi connectivity index (χ4n) is 2.91. The van der Waals surface area contributed by atoms with Crippen LogP contribution in [0.1, 0.15) is 6.42 Å². The summed E-state index contributed by atoms with van der Waals surface area (Å²) in [5.74, 6) is 1.54. The number of thioether (sulfide) groups is 1. The zero-order chi connectivity index (χ0) is 20.1. The largest absolute Gasteiger partial charge is 0.497 e. The number of nitrogens with one attached hydrogen (secondary N) is 1. The van der Waals surface area contributed by atoms with Gasteiger partial charge in [-0.3, -0.25) is 4.79 Å². The number of aromatic nitrogens is 1. The molecule has 0 saturated carbocycles. The van der Waals surface area contributed by atoms with Crippen LogP contribution in [0.5, 0.6) is 5.75 Å². The summed E-state index contributed by atoms with van der Waals surface area (Å²) in [5, 5.41) is 3.96. The van der Waals surface area contributed by atoms with Crippen LogP contribution in [0.4, 0.5) is 5.69 Å². The molecule has 4 aromatic rings. The Bertz CT molecular complexity index is 1090. The molecule has 0 aliphatic rings. The Morgan fingerprint density at radius 3 is 2.59 bits per heavy atom. The number of carbonyl (C=O) groups is 1. The van der Waals surface area contributed by atoms with E-state index in [1.165, 1.54) is 0 Å². The monoisotopic (exact) mass is 420 g/mol. The first kappa shape index (κ1) is 19.5. The minimum absolute atomic E-state index is 0.000396. The molecule has 3 aromatic carbocycles. The molecule has 1 N–H and O–H groups in total. The van der Waals surface area contributed by atoms with Crippen LogP contribution in [0, 0.1) is 0 Å². The summed E-state index contributed by atoms with van der Waals surface area (Å²) in [6, 6.07) is 23.8. The minimum Gasteiger partial charge on any atom is -0.497 e. The number of hydrogen-bond acceptors (Lipinski definition) is 5. The van der Waals surface area contributed by atoms with Gasteiger partial charge in [0.1, 0.15) is 10.8 Å². The van der Waals surface area contributed by atoms with E-state index >= 15 is 0 Å². The van der Waals surface area contributed by atoms with Crippen molar-refractivity contribution in [3.05, 3.63) is 72.8 Å². The van der Waals surface area contributed by atoms with E-state index in [0.717, 1.165) is 37.1 Å². The molecule has 146 valence electrons. The maximum absolute atomic E-state index is 12.5. The van der Waals surface area contributed by atoms with Gasteiger partial charge in [-0.2, -0.15) is 0 Å². The van der Waals surface area contributed by atoms with Crippen LogP contribution in [0.25, 0.3) is 20.8 Å². The number of ether oxygens (including phenoxy) is 1. The van der Waals surface area contributed by atoms with Gasteiger partial charge in [0.15, 0.2) is 0 Å². The van der Waals surface area contributed by atoms with Crippen molar-refractivity contribution < 1.29 is 9.53 Å². The smallest absolute Gasteiger partial charge is 0.225 e. The Labute approximate surface area is 177 Å². The lowest BCUT2D eigenvalue weighted by Crippen LogP contribution is -2.12. The molecule has 1 amide bonds. The summed E-state index contributed by atoms with van der Waals surface area (Å²) >= 11 is 3.29.